The zero-order valence-electron chi connectivity index (χ0n) is 18.5. The number of hydrogen-bond acceptors (Lipinski definition) is 4. The van der Waals surface area contributed by atoms with Crippen LogP contribution >= 0.6 is 0 Å². The molecule has 4 atom stereocenters. The van der Waals surface area contributed by atoms with Crippen LogP contribution < -0.4 is 0 Å². The van der Waals surface area contributed by atoms with E-state index in [1.807, 2.05) is 24.3 Å². The highest BCUT2D eigenvalue weighted by Crippen LogP contribution is 2.44. The van der Waals surface area contributed by atoms with Crippen molar-refractivity contribution in [3.63, 3.8) is 0 Å². The maximum atomic E-state index is 12.3. The van der Waals surface area contributed by atoms with Crippen LogP contribution in [0.25, 0.3) is 0 Å². The first-order valence-electron chi connectivity index (χ1n) is 11.8. The summed E-state index contributed by atoms with van der Waals surface area (Å²) < 4.78 is 0. The van der Waals surface area contributed by atoms with E-state index in [0.29, 0.717) is 25.7 Å². The fraction of sp³-hybridized carbons (Fsp3) is 0.760. The van der Waals surface area contributed by atoms with Crippen molar-refractivity contribution in [2.75, 3.05) is 0 Å². The van der Waals surface area contributed by atoms with Crippen LogP contribution in [0.2, 0.25) is 0 Å². The summed E-state index contributed by atoms with van der Waals surface area (Å²) in [6.45, 7) is 2.18. The van der Waals surface area contributed by atoms with Gasteiger partial charge in [-0.1, -0.05) is 56.9 Å². The number of rotatable bonds is 12. The van der Waals surface area contributed by atoms with E-state index >= 15 is 0 Å². The molecule has 30 heavy (non-hydrogen) atoms. The van der Waals surface area contributed by atoms with Gasteiger partial charge in [0, 0.05) is 24.7 Å². The molecular weight excluding hydrogens is 380 g/mol. The molecule has 0 aromatic carbocycles. The number of aliphatic hydroxyl groups is 2. The van der Waals surface area contributed by atoms with Crippen LogP contribution in [0.15, 0.2) is 24.3 Å². The maximum absolute atomic E-state index is 12.3. The van der Waals surface area contributed by atoms with E-state index in [1.165, 1.54) is 19.3 Å². The molecule has 2 aliphatic rings. The number of unbranched alkanes of at least 4 members (excludes halogenated alkanes) is 1. The third kappa shape index (κ3) is 7.05. The van der Waals surface area contributed by atoms with E-state index in [-0.39, 0.29) is 42.0 Å². The Hall–Kier alpha value is -1.46. The molecule has 0 saturated heterocycles. The number of carbonyl (C=O) groups is 2. The number of carboxylic acids is 1. The quantitative estimate of drug-likeness (QED) is 0.311. The molecule has 170 valence electrons. The lowest BCUT2D eigenvalue weighted by Crippen LogP contribution is -2.37. The molecule has 0 bridgehead atoms. The highest BCUT2D eigenvalue weighted by atomic mass is 16.4. The highest BCUT2D eigenvalue weighted by molar-refractivity contribution is 5.84. The average molecular weight is 421 g/mol. The number of ketones is 1. The molecule has 0 heterocycles. The molecule has 2 rings (SSSR count). The minimum atomic E-state index is -0.793. The summed E-state index contributed by atoms with van der Waals surface area (Å²) in [5.74, 6) is -1.15. The Kier molecular flexibility index (Phi) is 10.3. The average Bonchev–Trinajstić information content (AvgIpc) is 2.98. The molecule has 0 aromatic rings. The van der Waals surface area contributed by atoms with Gasteiger partial charge in [-0.2, -0.15) is 0 Å². The second-order valence-corrected chi connectivity index (χ2v) is 9.27. The third-order valence-electron chi connectivity index (χ3n) is 7.07. The van der Waals surface area contributed by atoms with Crippen molar-refractivity contribution < 1.29 is 24.9 Å². The van der Waals surface area contributed by atoms with Gasteiger partial charge in [-0.25, -0.2) is 0 Å². The second kappa shape index (κ2) is 12.4. The summed E-state index contributed by atoms with van der Waals surface area (Å²) in [5, 5.41) is 30.0. The first-order chi connectivity index (χ1) is 14.4. The minimum absolute atomic E-state index is 0.0273. The van der Waals surface area contributed by atoms with Gasteiger partial charge < -0.3 is 15.3 Å². The Morgan fingerprint density at radius 1 is 1.20 bits per heavy atom. The SMILES string of the molecule is CCCC1(C(O)C/C=C/[C@H]2[C@H](O)CC(=O)[C@@H]2C/C=C\CCCC(=O)O)CCCCC1. The van der Waals surface area contributed by atoms with Gasteiger partial charge in [0.1, 0.15) is 5.78 Å². The normalized spacial score (nSPS) is 27.8. The number of allylic oxidation sites excluding steroid dienone is 2. The monoisotopic (exact) mass is 420 g/mol. The molecule has 2 aliphatic carbocycles. The summed E-state index contributed by atoms with van der Waals surface area (Å²) in [6, 6.07) is 0. The fourth-order valence-electron chi connectivity index (χ4n) is 5.38. The van der Waals surface area contributed by atoms with Gasteiger partial charge in [0.2, 0.25) is 0 Å². The van der Waals surface area contributed by atoms with Crippen LogP contribution in [0, 0.1) is 17.3 Å². The molecule has 0 amide bonds. The number of carbonyl (C=O) groups excluding carboxylic acids is 1. The fourth-order valence-corrected chi connectivity index (χ4v) is 5.38. The van der Waals surface area contributed by atoms with Gasteiger partial charge in [-0.3, -0.25) is 9.59 Å². The molecule has 2 fully saturated rings. The molecule has 2 saturated carbocycles. The first-order valence-corrected chi connectivity index (χ1v) is 11.8. The van der Waals surface area contributed by atoms with Crippen LogP contribution in [0.5, 0.6) is 0 Å². The lowest BCUT2D eigenvalue weighted by molar-refractivity contribution is -0.137. The standard InChI is InChI=1S/C25H40O5/c1-2-15-25(16-8-5-9-17-25)23(28)13-10-12-20-19(21(26)18-22(20)27)11-6-3-4-7-14-24(29)30/h3,6,10,12,19-20,22-23,27-28H,2,4-5,7-9,11,13-18H2,1H3,(H,29,30)/b6-3-,12-10+/t19-,20-,22-,23?/m1/s1. The van der Waals surface area contributed by atoms with Crippen molar-refractivity contribution in [2.24, 2.45) is 17.3 Å². The number of aliphatic hydroxyl groups excluding tert-OH is 2. The van der Waals surface area contributed by atoms with Gasteiger partial charge in [0.05, 0.1) is 12.2 Å². The minimum Gasteiger partial charge on any atom is -0.481 e. The number of aliphatic carboxylic acids is 1. The number of Topliss-reactive ketones (excluding diaryl/α,β-unsaturated/α-hetero) is 1. The van der Waals surface area contributed by atoms with E-state index in [0.717, 1.165) is 25.7 Å². The van der Waals surface area contributed by atoms with Crippen molar-refractivity contribution >= 4 is 11.8 Å². The molecular formula is C25H40O5. The Morgan fingerprint density at radius 3 is 2.60 bits per heavy atom. The molecule has 0 aromatic heterocycles. The van der Waals surface area contributed by atoms with Gasteiger partial charge in [-0.15, -0.1) is 0 Å². The van der Waals surface area contributed by atoms with Crippen LogP contribution in [0.4, 0.5) is 0 Å². The number of carboxylic acid groups (broad SMARTS) is 1. The molecule has 3 N–H and O–H groups in total. The van der Waals surface area contributed by atoms with E-state index in [4.69, 9.17) is 5.11 Å². The first kappa shape index (κ1) is 24.8. The van der Waals surface area contributed by atoms with Crippen LogP contribution in [-0.2, 0) is 9.59 Å². The van der Waals surface area contributed by atoms with Crippen molar-refractivity contribution in [3.05, 3.63) is 24.3 Å². The molecule has 0 spiro atoms. The summed E-state index contributed by atoms with van der Waals surface area (Å²) >= 11 is 0. The van der Waals surface area contributed by atoms with Crippen LogP contribution in [-0.4, -0.2) is 39.3 Å². The zero-order chi connectivity index (χ0) is 22.0. The highest BCUT2D eigenvalue weighted by Gasteiger charge is 2.40. The van der Waals surface area contributed by atoms with Crippen molar-refractivity contribution in [1.29, 1.82) is 0 Å². The number of hydrogen-bond donors (Lipinski definition) is 3. The Bertz CT molecular complexity index is 597. The predicted octanol–water partition coefficient (Wildman–Crippen LogP) is 4.81. The predicted molar refractivity (Wildman–Crippen MR) is 118 cm³/mol. The Balaban J connectivity index is 1.90. The summed E-state index contributed by atoms with van der Waals surface area (Å²) in [4.78, 5) is 22.9. The van der Waals surface area contributed by atoms with Crippen molar-refractivity contribution in [3.8, 4) is 0 Å². The topological polar surface area (TPSA) is 94.8 Å². The van der Waals surface area contributed by atoms with Crippen molar-refractivity contribution in [2.45, 2.75) is 103 Å². The summed E-state index contributed by atoms with van der Waals surface area (Å²) in [6.07, 6.45) is 17.5. The lowest BCUT2D eigenvalue weighted by atomic mass is 9.67. The largest absolute Gasteiger partial charge is 0.481 e. The van der Waals surface area contributed by atoms with E-state index in [2.05, 4.69) is 6.92 Å². The van der Waals surface area contributed by atoms with Gasteiger partial charge >= 0.3 is 5.97 Å². The smallest absolute Gasteiger partial charge is 0.303 e. The zero-order valence-corrected chi connectivity index (χ0v) is 18.5. The maximum Gasteiger partial charge on any atom is 0.303 e. The Morgan fingerprint density at radius 2 is 1.93 bits per heavy atom. The second-order valence-electron chi connectivity index (χ2n) is 9.27. The van der Waals surface area contributed by atoms with E-state index in [1.54, 1.807) is 0 Å². The third-order valence-corrected chi connectivity index (χ3v) is 7.07. The molecule has 0 aliphatic heterocycles. The van der Waals surface area contributed by atoms with E-state index < -0.39 is 12.1 Å². The van der Waals surface area contributed by atoms with E-state index in [9.17, 15) is 19.8 Å². The van der Waals surface area contributed by atoms with Gasteiger partial charge in [0.25, 0.3) is 0 Å². The van der Waals surface area contributed by atoms with Crippen molar-refractivity contribution in [1.82, 2.24) is 0 Å². The molecule has 0 radical (unpaired) electrons. The Labute approximate surface area is 181 Å². The molecule has 5 heteroatoms. The van der Waals surface area contributed by atoms with Crippen LogP contribution in [0.1, 0.15) is 90.4 Å². The lowest BCUT2D eigenvalue weighted by Gasteiger charge is -2.41. The summed E-state index contributed by atoms with van der Waals surface area (Å²) in [7, 11) is 0. The summed E-state index contributed by atoms with van der Waals surface area (Å²) in [5.41, 5.74) is 0.0273. The van der Waals surface area contributed by atoms with Gasteiger partial charge in [-0.05, 0) is 50.4 Å². The molecule has 5 nitrogen and oxygen atoms in total. The molecule has 1 unspecified atom stereocenters. The van der Waals surface area contributed by atoms with Gasteiger partial charge in [0.15, 0.2) is 0 Å². The van der Waals surface area contributed by atoms with Crippen LogP contribution in [0.3, 0.4) is 0 Å².